The molecule has 1 heteroatoms. The van der Waals surface area contributed by atoms with Crippen molar-refractivity contribution in [2.45, 2.75) is 12.8 Å². The van der Waals surface area contributed by atoms with Crippen molar-refractivity contribution in [3.05, 3.63) is 94.0 Å². The van der Waals surface area contributed by atoms with Crippen molar-refractivity contribution < 1.29 is 0 Å². The monoisotopic (exact) mass is 289 g/mol. The molecule has 0 saturated carbocycles. The van der Waals surface area contributed by atoms with Gasteiger partial charge in [0.05, 0.1) is 0 Å². The van der Waals surface area contributed by atoms with Crippen molar-refractivity contribution >= 4 is 11.6 Å². The summed E-state index contributed by atoms with van der Waals surface area (Å²) in [5.74, 6) is 0. The number of hydrogen-bond donors (Lipinski definition) is 0. The summed E-state index contributed by atoms with van der Waals surface area (Å²) in [5.41, 5.74) is 8.16. The highest BCUT2D eigenvalue weighted by molar-refractivity contribution is 6.30. The van der Waals surface area contributed by atoms with Gasteiger partial charge in [-0.15, -0.1) is 0 Å². The lowest BCUT2D eigenvalue weighted by molar-refractivity contribution is 1.12. The molecule has 0 fully saturated rings. The van der Waals surface area contributed by atoms with Crippen molar-refractivity contribution in [2.24, 2.45) is 0 Å². The average molecular weight is 290 g/mol. The maximum absolute atomic E-state index is 6.08. The van der Waals surface area contributed by atoms with Crippen LogP contribution in [-0.2, 0) is 12.8 Å². The van der Waals surface area contributed by atoms with E-state index in [2.05, 4.69) is 48.5 Å². The summed E-state index contributed by atoms with van der Waals surface area (Å²) in [6.45, 7) is 0. The molecule has 1 radical (unpaired) electrons. The van der Waals surface area contributed by atoms with Gasteiger partial charge in [-0.05, 0) is 64.4 Å². The van der Waals surface area contributed by atoms with Gasteiger partial charge in [-0.3, -0.25) is 0 Å². The Labute approximate surface area is 130 Å². The van der Waals surface area contributed by atoms with E-state index >= 15 is 0 Å². The van der Waals surface area contributed by atoms with E-state index < -0.39 is 0 Å². The van der Waals surface area contributed by atoms with E-state index in [4.69, 9.17) is 11.6 Å². The smallest absolute Gasteiger partial charge is 0.0409 e. The molecule has 3 aromatic carbocycles. The molecule has 0 bridgehead atoms. The minimum absolute atomic E-state index is 0.777. The largest absolute Gasteiger partial charge is 0.0843 e. The maximum atomic E-state index is 6.08. The molecule has 0 atom stereocenters. The van der Waals surface area contributed by atoms with Crippen LogP contribution in [0.1, 0.15) is 22.3 Å². The summed E-state index contributed by atoms with van der Waals surface area (Å²) in [4.78, 5) is 0. The number of fused-ring (bicyclic) bond motifs is 3. The van der Waals surface area contributed by atoms with Crippen molar-refractivity contribution in [3.63, 3.8) is 0 Å². The third kappa shape index (κ3) is 2.26. The van der Waals surface area contributed by atoms with E-state index in [1.165, 1.54) is 27.8 Å². The van der Waals surface area contributed by atoms with Crippen molar-refractivity contribution in [1.29, 1.82) is 0 Å². The highest BCUT2D eigenvalue weighted by Crippen LogP contribution is 2.38. The lowest BCUT2D eigenvalue weighted by Gasteiger charge is -2.09. The predicted octanol–water partition coefficient (Wildman–Crippen LogP) is 5.30. The van der Waals surface area contributed by atoms with E-state index in [9.17, 15) is 0 Å². The van der Waals surface area contributed by atoms with Crippen molar-refractivity contribution in [3.8, 4) is 11.1 Å². The molecule has 0 amide bonds. The standard InChI is InChI=1S/C20H14Cl/c21-17-8-3-5-14(12-17)11-15-7-4-10-19-18-9-2-1-6-16(18)13-20(15)19/h1-4,6-10,12H,11,13H2. The van der Waals surface area contributed by atoms with Crippen molar-refractivity contribution in [2.75, 3.05) is 0 Å². The van der Waals surface area contributed by atoms with Gasteiger partial charge < -0.3 is 0 Å². The van der Waals surface area contributed by atoms with Crippen LogP contribution in [0.15, 0.2) is 60.7 Å². The molecule has 3 aromatic rings. The van der Waals surface area contributed by atoms with Gasteiger partial charge in [0.15, 0.2) is 0 Å². The molecule has 1 aliphatic carbocycles. The summed E-state index contributed by atoms with van der Waals surface area (Å²) in [7, 11) is 0. The van der Waals surface area contributed by atoms with E-state index in [0.717, 1.165) is 23.4 Å². The molecule has 4 rings (SSSR count). The number of rotatable bonds is 2. The Morgan fingerprint density at radius 3 is 2.71 bits per heavy atom. The molecule has 0 spiro atoms. The fourth-order valence-electron chi connectivity index (χ4n) is 3.18. The van der Waals surface area contributed by atoms with E-state index in [1.807, 2.05) is 18.2 Å². The molecule has 0 unspecified atom stereocenters. The van der Waals surface area contributed by atoms with Gasteiger partial charge in [0.2, 0.25) is 0 Å². The molecule has 1 aliphatic rings. The summed E-state index contributed by atoms with van der Waals surface area (Å²) >= 11 is 6.08. The fourth-order valence-corrected chi connectivity index (χ4v) is 3.38. The fraction of sp³-hybridized carbons (Fsp3) is 0.100. The Morgan fingerprint density at radius 2 is 1.81 bits per heavy atom. The predicted molar refractivity (Wildman–Crippen MR) is 87.8 cm³/mol. The Hall–Kier alpha value is -2.05. The quantitative estimate of drug-likeness (QED) is 0.469. The zero-order valence-corrected chi connectivity index (χ0v) is 12.3. The molecule has 0 aliphatic heterocycles. The Balaban J connectivity index is 1.76. The molecule has 101 valence electrons. The van der Waals surface area contributed by atoms with Crippen LogP contribution in [-0.4, -0.2) is 0 Å². The van der Waals surface area contributed by atoms with Crippen LogP contribution >= 0.6 is 11.6 Å². The van der Waals surface area contributed by atoms with Crippen LogP contribution in [0.3, 0.4) is 0 Å². The van der Waals surface area contributed by atoms with Crippen LogP contribution in [0.25, 0.3) is 11.1 Å². The van der Waals surface area contributed by atoms with Crippen molar-refractivity contribution in [1.82, 2.24) is 0 Å². The van der Waals surface area contributed by atoms with Crippen LogP contribution in [0.2, 0.25) is 5.02 Å². The molecule has 0 N–H and O–H groups in total. The minimum Gasteiger partial charge on any atom is -0.0843 e. The maximum Gasteiger partial charge on any atom is 0.0409 e. The normalized spacial score (nSPS) is 12.0. The number of hydrogen-bond acceptors (Lipinski definition) is 0. The Morgan fingerprint density at radius 1 is 0.952 bits per heavy atom. The topological polar surface area (TPSA) is 0 Å². The minimum atomic E-state index is 0.777. The second-order valence-corrected chi connectivity index (χ2v) is 5.92. The van der Waals surface area contributed by atoms with Gasteiger partial charge in [0.1, 0.15) is 0 Å². The van der Waals surface area contributed by atoms with Gasteiger partial charge >= 0.3 is 0 Å². The number of halogens is 1. The number of benzene rings is 3. The zero-order valence-electron chi connectivity index (χ0n) is 11.6. The van der Waals surface area contributed by atoms with Crippen LogP contribution < -0.4 is 0 Å². The van der Waals surface area contributed by atoms with Gasteiger partial charge in [-0.25, -0.2) is 0 Å². The Kier molecular flexibility index (Phi) is 3.05. The van der Waals surface area contributed by atoms with Gasteiger partial charge in [0, 0.05) is 5.02 Å². The first-order valence-electron chi connectivity index (χ1n) is 7.16. The molecular formula is C20H14Cl. The average Bonchev–Trinajstić information content (AvgIpc) is 2.87. The second kappa shape index (κ2) is 5.05. The van der Waals surface area contributed by atoms with Gasteiger partial charge in [0.25, 0.3) is 0 Å². The van der Waals surface area contributed by atoms with E-state index in [-0.39, 0.29) is 0 Å². The SMILES string of the molecule is Clc1cc[c]c(Cc2cccc3c2Cc2ccccc2-3)c1. The third-order valence-corrected chi connectivity index (χ3v) is 4.39. The first kappa shape index (κ1) is 12.7. The highest BCUT2D eigenvalue weighted by atomic mass is 35.5. The Bertz CT molecular complexity index is 818. The lowest BCUT2D eigenvalue weighted by Crippen LogP contribution is -1.94. The lowest BCUT2D eigenvalue weighted by atomic mass is 9.96. The van der Waals surface area contributed by atoms with Crippen LogP contribution in [0, 0.1) is 6.07 Å². The molecule has 0 heterocycles. The molecule has 0 saturated heterocycles. The van der Waals surface area contributed by atoms with Gasteiger partial charge in [-0.1, -0.05) is 60.1 Å². The van der Waals surface area contributed by atoms with Gasteiger partial charge in [-0.2, -0.15) is 0 Å². The first-order valence-corrected chi connectivity index (χ1v) is 7.54. The molecule has 0 nitrogen and oxygen atoms in total. The third-order valence-electron chi connectivity index (χ3n) is 4.15. The molecular weight excluding hydrogens is 276 g/mol. The molecule has 0 aromatic heterocycles. The molecule has 21 heavy (non-hydrogen) atoms. The van der Waals surface area contributed by atoms with Crippen LogP contribution in [0.5, 0.6) is 0 Å². The highest BCUT2D eigenvalue weighted by Gasteiger charge is 2.20. The zero-order chi connectivity index (χ0) is 14.2. The van der Waals surface area contributed by atoms with Crippen LogP contribution in [0.4, 0.5) is 0 Å². The summed E-state index contributed by atoms with van der Waals surface area (Å²) in [6, 6.07) is 24.3. The second-order valence-electron chi connectivity index (χ2n) is 5.49. The first-order chi connectivity index (χ1) is 10.3. The summed E-state index contributed by atoms with van der Waals surface area (Å²) < 4.78 is 0. The van der Waals surface area contributed by atoms with E-state index in [1.54, 1.807) is 0 Å². The summed E-state index contributed by atoms with van der Waals surface area (Å²) in [6.07, 6.45) is 1.92. The van der Waals surface area contributed by atoms with E-state index in [0.29, 0.717) is 0 Å². The summed E-state index contributed by atoms with van der Waals surface area (Å²) in [5, 5.41) is 0.777.